The van der Waals surface area contributed by atoms with Crippen LogP contribution in [-0.4, -0.2) is 9.97 Å². The van der Waals surface area contributed by atoms with Crippen LogP contribution in [0.25, 0.3) is 0 Å². The van der Waals surface area contributed by atoms with E-state index in [4.69, 9.17) is 5.84 Å². The number of benzene rings is 1. The average Bonchev–Trinajstić information content (AvgIpc) is 2.41. The number of rotatable bonds is 5. The first kappa shape index (κ1) is 14.6. The number of aromatic nitrogens is 2. The predicted molar refractivity (Wildman–Crippen MR) is 80.9 cm³/mol. The molecule has 0 radical (unpaired) electrons. The lowest BCUT2D eigenvalue weighted by molar-refractivity contribution is 0.612. The zero-order valence-electron chi connectivity index (χ0n) is 12.3. The molecule has 0 aliphatic rings. The van der Waals surface area contributed by atoms with Gasteiger partial charge in [-0.3, -0.25) is 15.8 Å². The Morgan fingerprint density at radius 2 is 2.00 bits per heavy atom. The summed E-state index contributed by atoms with van der Waals surface area (Å²) >= 11 is 0. The SMILES string of the molecule is Cc1cnc(C(NN)c2cccc(CC(C)C)c2)cn1. The Bertz CT molecular complexity index is 549. The molecular formula is C16H22N4. The van der Waals surface area contributed by atoms with Gasteiger partial charge in [0.2, 0.25) is 0 Å². The molecular weight excluding hydrogens is 248 g/mol. The molecule has 1 aromatic heterocycles. The molecule has 2 aromatic rings. The maximum absolute atomic E-state index is 5.71. The average molecular weight is 270 g/mol. The van der Waals surface area contributed by atoms with E-state index < -0.39 is 0 Å². The van der Waals surface area contributed by atoms with Crippen LogP contribution in [0.1, 0.15) is 42.4 Å². The summed E-state index contributed by atoms with van der Waals surface area (Å²) in [7, 11) is 0. The molecule has 0 bridgehead atoms. The first-order valence-corrected chi connectivity index (χ1v) is 6.93. The Hall–Kier alpha value is -1.78. The van der Waals surface area contributed by atoms with Crippen LogP contribution >= 0.6 is 0 Å². The Balaban J connectivity index is 2.29. The van der Waals surface area contributed by atoms with E-state index in [2.05, 4.69) is 53.5 Å². The molecule has 1 heterocycles. The fourth-order valence-corrected chi connectivity index (χ4v) is 2.28. The van der Waals surface area contributed by atoms with E-state index in [0.29, 0.717) is 5.92 Å². The molecule has 0 aliphatic heterocycles. The standard InChI is InChI=1S/C16H22N4/c1-11(2)7-13-5-4-6-14(8-13)16(20-17)15-10-18-12(3)9-19-15/h4-6,8-11,16,20H,7,17H2,1-3H3. The molecule has 106 valence electrons. The van der Waals surface area contributed by atoms with E-state index in [9.17, 15) is 0 Å². The summed E-state index contributed by atoms with van der Waals surface area (Å²) in [5, 5.41) is 0. The van der Waals surface area contributed by atoms with Gasteiger partial charge in [0.05, 0.1) is 23.6 Å². The topological polar surface area (TPSA) is 63.8 Å². The fourth-order valence-electron chi connectivity index (χ4n) is 2.28. The van der Waals surface area contributed by atoms with Crippen LogP contribution in [-0.2, 0) is 6.42 Å². The number of nitrogens with zero attached hydrogens (tertiary/aromatic N) is 2. The Labute approximate surface area is 120 Å². The monoisotopic (exact) mass is 270 g/mol. The second-order valence-electron chi connectivity index (χ2n) is 5.53. The lowest BCUT2D eigenvalue weighted by Gasteiger charge is -2.17. The highest BCUT2D eigenvalue weighted by Crippen LogP contribution is 2.21. The summed E-state index contributed by atoms with van der Waals surface area (Å²) in [5.74, 6) is 6.34. The number of aryl methyl sites for hydroxylation is 1. The summed E-state index contributed by atoms with van der Waals surface area (Å²) in [6.07, 6.45) is 4.59. The van der Waals surface area contributed by atoms with Crippen molar-refractivity contribution in [1.82, 2.24) is 15.4 Å². The van der Waals surface area contributed by atoms with Gasteiger partial charge in [-0.05, 0) is 30.4 Å². The van der Waals surface area contributed by atoms with Crippen LogP contribution in [0.3, 0.4) is 0 Å². The van der Waals surface area contributed by atoms with E-state index in [1.54, 1.807) is 12.4 Å². The van der Waals surface area contributed by atoms with Gasteiger partial charge in [-0.2, -0.15) is 0 Å². The molecule has 0 saturated heterocycles. The maximum Gasteiger partial charge on any atom is 0.0897 e. The third kappa shape index (κ3) is 3.62. The van der Waals surface area contributed by atoms with Crippen LogP contribution < -0.4 is 11.3 Å². The lowest BCUT2D eigenvalue weighted by Crippen LogP contribution is -2.29. The molecule has 4 heteroatoms. The highest BCUT2D eigenvalue weighted by Gasteiger charge is 2.14. The third-order valence-electron chi connectivity index (χ3n) is 3.19. The molecule has 0 aliphatic carbocycles. The minimum absolute atomic E-state index is 0.129. The lowest BCUT2D eigenvalue weighted by atomic mass is 9.97. The van der Waals surface area contributed by atoms with E-state index in [1.165, 1.54) is 5.56 Å². The molecule has 1 unspecified atom stereocenters. The first-order valence-electron chi connectivity index (χ1n) is 6.93. The van der Waals surface area contributed by atoms with E-state index in [0.717, 1.165) is 23.4 Å². The van der Waals surface area contributed by atoms with Gasteiger partial charge < -0.3 is 0 Å². The van der Waals surface area contributed by atoms with Crippen molar-refractivity contribution in [3.63, 3.8) is 0 Å². The molecule has 3 N–H and O–H groups in total. The van der Waals surface area contributed by atoms with Crippen LogP contribution in [0.5, 0.6) is 0 Å². The van der Waals surface area contributed by atoms with E-state index in [-0.39, 0.29) is 6.04 Å². The number of hydrogen-bond donors (Lipinski definition) is 2. The third-order valence-corrected chi connectivity index (χ3v) is 3.19. The predicted octanol–water partition coefficient (Wildman–Crippen LogP) is 2.54. The fraction of sp³-hybridized carbons (Fsp3) is 0.375. The van der Waals surface area contributed by atoms with Gasteiger partial charge >= 0.3 is 0 Å². The van der Waals surface area contributed by atoms with Crippen LogP contribution in [0.15, 0.2) is 36.7 Å². The Morgan fingerprint density at radius 1 is 1.20 bits per heavy atom. The summed E-state index contributed by atoms with van der Waals surface area (Å²) < 4.78 is 0. The van der Waals surface area contributed by atoms with Gasteiger partial charge in [0.25, 0.3) is 0 Å². The molecule has 0 fully saturated rings. The maximum atomic E-state index is 5.71. The highest BCUT2D eigenvalue weighted by atomic mass is 15.2. The summed E-state index contributed by atoms with van der Waals surface area (Å²) in [6, 6.07) is 8.34. The molecule has 20 heavy (non-hydrogen) atoms. The molecule has 0 amide bonds. The van der Waals surface area contributed by atoms with Crippen LogP contribution in [0.4, 0.5) is 0 Å². The highest BCUT2D eigenvalue weighted by molar-refractivity contribution is 5.31. The van der Waals surface area contributed by atoms with Gasteiger partial charge in [0.15, 0.2) is 0 Å². The number of nitrogens with two attached hydrogens (primary N) is 1. The summed E-state index contributed by atoms with van der Waals surface area (Å²) in [4.78, 5) is 8.70. The van der Waals surface area contributed by atoms with Crippen molar-refractivity contribution in [3.05, 3.63) is 59.2 Å². The zero-order valence-corrected chi connectivity index (χ0v) is 12.3. The van der Waals surface area contributed by atoms with Crippen LogP contribution in [0, 0.1) is 12.8 Å². The largest absolute Gasteiger partial charge is 0.271 e. The van der Waals surface area contributed by atoms with Crippen molar-refractivity contribution in [3.8, 4) is 0 Å². The quantitative estimate of drug-likeness (QED) is 0.647. The second-order valence-corrected chi connectivity index (χ2v) is 5.53. The second kappa shape index (κ2) is 6.59. The molecule has 4 nitrogen and oxygen atoms in total. The van der Waals surface area contributed by atoms with Crippen molar-refractivity contribution in [2.24, 2.45) is 11.8 Å². The smallest absolute Gasteiger partial charge is 0.0897 e. The number of hydrazine groups is 1. The number of nitrogens with one attached hydrogen (secondary N) is 1. The summed E-state index contributed by atoms with van der Waals surface area (Å²) in [5.41, 5.74) is 7.00. The molecule has 0 spiro atoms. The van der Waals surface area contributed by atoms with Crippen LogP contribution in [0.2, 0.25) is 0 Å². The molecule has 0 saturated carbocycles. The summed E-state index contributed by atoms with van der Waals surface area (Å²) in [6.45, 7) is 6.36. The van der Waals surface area contributed by atoms with Crippen molar-refractivity contribution in [2.75, 3.05) is 0 Å². The first-order chi connectivity index (χ1) is 9.60. The minimum atomic E-state index is -0.129. The number of hydrogen-bond acceptors (Lipinski definition) is 4. The minimum Gasteiger partial charge on any atom is -0.271 e. The van der Waals surface area contributed by atoms with Gasteiger partial charge in [-0.25, -0.2) is 5.43 Å². The van der Waals surface area contributed by atoms with E-state index >= 15 is 0 Å². The van der Waals surface area contributed by atoms with Gasteiger partial charge in [-0.15, -0.1) is 0 Å². The van der Waals surface area contributed by atoms with Crippen molar-refractivity contribution in [2.45, 2.75) is 33.2 Å². The zero-order chi connectivity index (χ0) is 14.5. The van der Waals surface area contributed by atoms with Crippen molar-refractivity contribution >= 4 is 0 Å². The van der Waals surface area contributed by atoms with Gasteiger partial charge in [-0.1, -0.05) is 38.1 Å². The molecule has 1 aromatic carbocycles. The van der Waals surface area contributed by atoms with Gasteiger partial charge in [0.1, 0.15) is 0 Å². The Morgan fingerprint density at radius 3 is 2.60 bits per heavy atom. The van der Waals surface area contributed by atoms with Gasteiger partial charge in [0, 0.05) is 6.20 Å². The van der Waals surface area contributed by atoms with Crippen molar-refractivity contribution in [1.29, 1.82) is 0 Å². The van der Waals surface area contributed by atoms with E-state index in [1.807, 2.05) is 6.92 Å². The molecule has 1 atom stereocenters. The molecule has 2 rings (SSSR count). The normalized spacial score (nSPS) is 12.7. The Kier molecular flexibility index (Phi) is 4.82. The van der Waals surface area contributed by atoms with Crippen molar-refractivity contribution < 1.29 is 0 Å².